The van der Waals surface area contributed by atoms with Crippen LogP contribution in [0.1, 0.15) is 19.8 Å². The fourth-order valence-electron chi connectivity index (χ4n) is 2.84. The molecule has 0 radical (unpaired) electrons. The highest BCUT2D eigenvalue weighted by atomic mass is 16.5. The molecule has 1 N–H and O–H groups in total. The normalized spacial score (nSPS) is 27.8. The van der Waals surface area contributed by atoms with E-state index in [2.05, 4.69) is 12.2 Å². The van der Waals surface area contributed by atoms with Gasteiger partial charge in [-0.2, -0.15) is 0 Å². The topological polar surface area (TPSA) is 44.8 Å². The fraction of sp³-hybridized carbons (Fsp3) is 0.923. The van der Waals surface area contributed by atoms with Gasteiger partial charge in [0.05, 0.1) is 18.2 Å². The summed E-state index contributed by atoms with van der Waals surface area (Å²) < 4.78 is 6.11. The Morgan fingerprint density at radius 1 is 1.44 bits per heavy atom. The molecular weight excluding hydrogens is 230 g/mol. The molecule has 1 spiro atoms. The van der Waals surface area contributed by atoms with Gasteiger partial charge < -0.3 is 19.9 Å². The number of rotatable bonds is 2. The first-order valence-corrected chi connectivity index (χ1v) is 6.82. The molecule has 1 atom stereocenters. The van der Waals surface area contributed by atoms with Gasteiger partial charge in [-0.15, -0.1) is 0 Å². The number of morpholine rings is 1. The molecule has 0 aromatic heterocycles. The Bertz CT molecular complexity index is 299. The van der Waals surface area contributed by atoms with E-state index in [-0.39, 0.29) is 17.6 Å². The van der Waals surface area contributed by atoms with E-state index in [0.717, 1.165) is 39.0 Å². The Labute approximate surface area is 109 Å². The van der Waals surface area contributed by atoms with Crippen LogP contribution in [0.2, 0.25) is 0 Å². The summed E-state index contributed by atoms with van der Waals surface area (Å²) in [5.74, 6) is 0.228. The molecule has 104 valence electrons. The molecule has 2 saturated heterocycles. The third-order valence-electron chi connectivity index (χ3n) is 3.81. The van der Waals surface area contributed by atoms with Gasteiger partial charge in [0.2, 0.25) is 5.91 Å². The van der Waals surface area contributed by atoms with Gasteiger partial charge in [0, 0.05) is 26.2 Å². The number of piperidine rings is 1. The van der Waals surface area contributed by atoms with E-state index in [4.69, 9.17) is 4.74 Å². The third-order valence-corrected chi connectivity index (χ3v) is 3.81. The summed E-state index contributed by atoms with van der Waals surface area (Å²) in [4.78, 5) is 15.9. The molecule has 5 heteroatoms. The average molecular weight is 255 g/mol. The minimum Gasteiger partial charge on any atom is -0.369 e. The zero-order valence-electron chi connectivity index (χ0n) is 11.7. The first-order valence-electron chi connectivity index (χ1n) is 6.82. The smallest absolute Gasteiger partial charge is 0.236 e. The molecule has 0 aliphatic carbocycles. The lowest BCUT2D eigenvalue weighted by Crippen LogP contribution is -2.58. The lowest BCUT2D eigenvalue weighted by atomic mass is 9.89. The van der Waals surface area contributed by atoms with Crippen LogP contribution in [0.4, 0.5) is 0 Å². The van der Waals surface area contributed by atoms with Gasteiger partial charge in [0.25, 0.3) is 0 Å². The summed E-state index contributed by atoms with van der Waals surface area (Å²) in [5, 5.41) is 3.43. The van der Waals surface area contributed by atoms with Crippen LogP contribution in [0.15, 0.2) is 0 Å². The highest BCUT2D eigenvalue weighted by molar-refractivity contribution is 5.78. The second-order valence-electron chi connectivity index (χ2n) is 5.86. The molecule has 1 amide bonds. The molecule has 5 nitrogen and oxygen atoms in total. The maximum atomic E-state index is 12.0. The number of hydrogen-bond donors (Lipinski definition) is 1. The van der Waals surface area contributed by atoms with Crippen LogP contribution in [0.3, 0.4) is 0 Å². The van der Waals surface area contributed by atoms with Crippen molar-refractivity contribution in [3.8, 4) is 0 Å². The SMILES string of the molecule is CC1CNCC2(CCN(C(=O)CN(C)C)CC2)O1. The maximum absolute atomic E-state index is 12.0. The molecular formula is C13H25N3O2. The average Bonchev–Trinajstić information content (AvgIpc) is 2.28. The lowest BCUT2D eigenvalue weighted by molar-refractivity contribution is -0.150. The zero-order chi connectivity index (χ0) is 13.2. The van der Waals surface area contributed by atoms with Crippen LogP contribution < -0.4 is 5.32 Å². The van der Waals surface area contributed by atoms with Crippen molar-refractivity contribution in [3.05, 3.63) is 0 Å². The number of likely N-dealkylation sites (tertiary alicyclic amines) is 1. The van der Waals surface area contributed by atoms with Gasteiger partial charge in [0.15, 0.2) is 0 Å². The van der Waals surface area contributed by atoms with E-state index in [1.165, 1.54) is 0 Å². The highest BCUT2D eigenvalue weighted by Crippen LogP contribution is 2.29. The molecule has 2 rings (SSSR count). The number of nitrogens with zero attached hydrogens (tertiary/aromatic N) is 2. The van der Waals surface area contributed by atoms with Crippen LogP contribution in [0, 0.1) is 0 Å². The number of ether oxygens (including phenoxy) is 1. The number of carbonyl (C=O) groups is 1. The van der Waals surface area contributed by atoms with Gasteiger partial charge in [-0.25, -0.2) is 0 Å². The Morgan fingerprint density at radius 2 is 2.11 bits per heavy atom. The summed E-state index contributed by atoms with van der Waals surface area (Å²) in [5.41, 5.74) is -0.0352. The van der Waals surface area contributed by atoms with Crippen molar-refractivity contribution in [1.82, 2.24) is 15.1 Å². The molecule has 0 aromatic rings. The number of nitrogens with one attached hydrogen (secondary N) is 1. The molecule has 0 bridgehead atoms. The van der Waals surface area contributed by atoms with Gasteiger partial charge in [0.1, 0.15) is 0 Å². The summed E-state index contributed by atoms with van der Waals surface area (Å²) in [6.45, 7) is 6.11. The van der Waals surface area contributed by atoms with Gasteiger partial charge in [-0.3, -0.25) is 4.79 Å². The van der Waals surface area contributed by atoms with Crippen molar-refractivity contribution in [2.45, 2.75) is 31.5 Å². The van der Waals surface area contributed by atoms with Crippen molar-refractivity contribution < 1.29 is 9.53 Å². The van der Waals surface area contributed by atoms with Crippen LogP contribution >= 0.6 is 0 Å². The summed E-state index contributed by atoms with van der Waals surface area (Å²) in [6, 6.07) is 0. The second kappa shape index (κ2) is 5.55. The summed E-state index contributed by atoms with van der Waals surface area (Å²) in [7, 11) is 3.86. The Morgan fingerprint density at radius 3 is 2.67 bits per heavy atom. The van der Waals surface area contributed by atoms with Crippen molar-refractivity contribution in [3.63, 3.8) is 0 Å². The standard InChI is InChI=1S/C13H25N3O2/c1-11-8-14-10-13(18-11)4-6-16(7-5-13)12(17)9-15(2)3/h11,14H,4-10H2,1-3H3. The van der Waals surface area contributed by atoms with Crippen LogP contribution in [-0.2, 0) is 9.53 Å². The Balaban J connectivity index is 1.85. The zero-order valence-corrected chi connectivity index (χ0v) is 11.7. The van der Waals surface area contributed by atoms with Crippen LogP contribution in [0.25, 0.3) is 0 Å². The van der Waals surface area contributed by atoms with Crippen molar-refractivity contribution in [2.24, 2.45) is 0 Å². The fourth-order valence-corrected chi connectivity index (χ4v) is 2.84. The van der Waals surface area contributed by atoms with E-state index < -0.39 is 0 Å². The lowest BCUT2D eigenvalue weighted by Gasteiger charge is -2.46. The van der Waals surface area contributed by atoms with Gasteiger partial charge in [-0.05, 0) is 33.9 Å². The minimum atomic E-state index is -0.0352. The Hall–Kier alpha value is -0.650. The minimum absolute atomic E-state index is 0.0352. The number of likely N-dealkylation sites (N-methyl/N-ethyl adjacent to an activating group) is 1. The monoisotopic (exact) mass is 255 g/mol. The molecule has 2 fully saturated rings. The molecule has 0 aromatic carbocycles. The van der Waals surface area contributed by atoms with E-state index in [9.17, 15) is 4.79 Å². The maximum Gasteiger partial charge on any atom is 0.236 e. The number of amides is 1. The van der Waals surface area contributed by atoms with Crippen LogP contribution in [-0.4, -0.2) is 74.2 Å². The quantitative estimate of drug-likeness (QED) is 0.749. The first-order chi connectivity index (χ1) is 8.51. The predicted molar refractivity (Wildman–Crippen MR) is 70.5 cm³/mol. The van der Waals surface area contributed by atoms with Crippen LogP contribution in [0.5, 0.6) is 0 Å². The summed E-state index contributed by atoms with van der Waals surface area (Å²) in [6.07, 6.45) is 2.18. The van der Waals surface area contributed by atoms with Gasteiger partial charge in [-0.1, -0.05) is 0 Å². The summed E-state index contributed by atoms with van der Waals surface area (Å²) >= 11 is 0. The van der Waals surface area contributed by atoms with E-state index in [1.54, 1.807) is 0 Å². The predicted octanol–water partition coefficient (Wildman–Crippen LogP) is -0.0825. The number of carbonyl (C=O) groups excluding carboxylic acids is 1. The molecule has 18 heavy (non-hydrogen) atoms. The molecule has 0 saturated carbocycles. The number of hydrogen-bond acceptors (Lipinski definition) is 4. The molecule has 2 heterocycles. The molecule has 1 unspecified atom stereocenters. The van der Waals surface area contributed by atoms with E-state index in [1.807, 2.05) is 23.9 Å². The Kier molecular flexibility index (Phi) is 4.25. The van der Waals surface area contributed by atoms with E-state index in [0.29, 0.717) is 6.54 Å². The first kappa shape index (κ1) is 13.8. The van der Waals surface area contributed by atoms with E-state index >= 15 is 0 Å². The molecule has 2 aliphatic rings. The van der Waals surface area contributed by atoms with Crippen molar-refractivity contribution >= 4 is 5.91 Å². The van der Waals surface area contributed by atoms with Crippen molar-refractivity contribution in [1.29, 1.82) is 0 Å². The highest BCUT2D eigenvalue weighted by Gasteiger charge is 2.39. The third kappa shape index (κ3) is 3.22. The van der Waals surface area contributed by atoms with Gasteiger partial charge >= 0.3 is 0 Å². The largest absolute Gasteiger partial charge is 0.369 e. The second-order valence-corrected chi connectivity index (χ2v) is 5.86. The molecule has 2 aliphatic heterocycles. The van der Waals surface area contributed by atoms with Crippen molar-refractivity contribution in [2.75, 3.05) is 46.8 Å².